The summed E-state index contributed by atoms with van der Waals surface area (Å²) < 4.78 is 42.8. The average molecular weight is 386 g/mol. The van der Waals surface area contributed by atoms with Gasteiger partial charge in [-0.1, -0.05) is 38.0 Å². The molecule has 1 aromatic carbocycles. The standard InChI is InChI=1S/C19H25F3N2O3/c1-4-5-10-18(12-24(2)15-9-7-6-8-13(15)18)11-14(16(25)27-3)23-17(26)19(20,21)22/h6-9,14H,4-5,10-12H2,1-3H3,(H,23,26)/t14-,18+/m0/s1. The second-order valence-corrected chi connectivity index (χ2v) is 7.01. The molecule has 27 heavy (non-hydrogen) atoms. The number of amides is 1. The highest BCUT2D eigenvalue weighted by molar-refractivity contribution is 5.87. The van der Waals surface area contributed by atoms with Crippen LogP contribution in [0, 0.1) is 0 Å². The van der Waals surface area contributed by atoms with Gasteiger partial charge in [-0.3, -0.25) is 4.79 Å². The number of halogens is 3. The molecule has 150 valence electrons. The second-order valence-electron chi connectivity index (χ2n) is 7.01. The van der Waals surface area contributed by atoms with Crippen molar-refractivity contribution in [2.45, 2.75) is 50.2 Å². The number of nitrogens with one attached hydrogen (secondary N) is 1. The maximum absolute atomic E-state index is 12.7. The van der Waals surface area contributed by atoms with Gasteiger partial charge in [-0.25, -0.2) is 4.79 Å². The first-order valence-electron chi connectivity index (χ1n) is 8.91. The van der Waals surface area contributed by atoms with E-state index >= 15 is 0 Å². The molecule has 0 bridgehead atoms. The summed E-state index contributed by atoms with van der Waals surface area (Å²) >= 11 is 0. The molecule has 0 saturated heterocycles. The molecular formula is C19H25F3N2O3. The minimum Gasteiger partial charge on any atom is -0.467 e. The SMILES string of the molecule is CCCC[C@@]1(C[C@H](NC(=O)C(F)(F)F)C(=O)OC)CN(C)c2ccccc21. The Hall–Kier alpha value is -2.25. The van der Waals surface area contributed by atoms with Gasteiger partial charge in [0.15, 0.2) is 0 Å². The maximum Gasteiger partial charge on any atom is 0.471 e. The van der Waals surface area contributed by atoms with Crippen LogP contribution in [0.5, 0.6) is 0 Å². The second kappa shape index (κ2) is 8.19. The van der Waals surface area contributed by atoms with Gasteiger partial charge in [0.05, 0.1) is 7.11 Å². The van der Waals surface area contributed by atoms with E-state index < -0.39 is 29.5 Å². The molecule has 0 unspecified atom stereocenters. The number of hydrogen-bond acceptors (Lipinski definition) is 4. The molecule has 1 N–H and O–H groups in total. The van der Waals surface area contributed by atoms with Crippen molar-refractivity contribution in [1.29, 1.82) is 0 Å². The van der Waals surface area contributed by atoms with E-state index in [4.69, 9.17) is 0 Å². The quantitative estimate of drug-likeness (QED) is 0.732. The van der Waals surface area contributed by atoms with E-state index in [0.29, 0.717) is 13.0 Å². The van der Waals surface area contributed by atoms with Crippen molar-refractivity contribution in [3.05, 3.63) is 29.8 Å². The summed E-state index contributed by atoms with van der Waals surface area (Å²) in [5.74, 6) is -3.02. The van der Waals surface area contributed by atoms with E-state index in [2.05, 4.69) is 4.74 Å². The van der Waals surface area contributed by atoms with E-state index in [-0.39, 0.29) is 6.42 Å². The Kier molecular flexibility index (Phi) is 6.38. The van der Waals surface area contributed by atoms with Gasteiger partial charge < -0.3 is 15.0 Å². The number of methoxy groups -OCH3 is 1. The lowest BCUT2D eigenvalue weighted by molar-refractivity contribution is -0.176. The van der Waals surface area contributed by atoms with Gasteiger partial charge in [0.2, 0.25) is 0 Å². The van der Waals surface area contributed by atoms with Crippen molar-refractivity contribution >= 4 is 17.6 Å². The van der Waals surface area contributed by atoms with Crippen molar-refractivity contribution in [1.82, 2.24) is 5.32 Å². The van der Waals surface area contributed by atoms with E-state index in [1.165, 1.54) is 0 Å². The van der Waals surface area contributed by atoms with Crippen molar-refractivity contribution in [3.63, 3.8) is 0 Å². The molecule has 0 saturated carbocycles. The summed E-state index contributed by atoms with van der Waals surface area (Å²) in [6.45, 7) is 2.59. The summed E-state index contributed by atoms with van der Waals surface area (Å²) in [5, 5.41) is 1.82. The fourth-order valence-electron chi connectivity index (χ4n) is 3.85. The van der Waals surface area contributed by atoms with Crippen LogP contribution < -0.4 is 10.2 Å². The maximum atomic E-state index is 12.7. The predicted octanol–water partition coefficient (Wildman–Crippen LogP) is 3.17. The number of esters is 1. The first-order valence-corrected chi connectivity index (χ1v) is 8.91. The first kappa shape index (κ1) is 21.1. The summed E-state index contributed by atoms with van der Waals surface area (Å²) in [5.41, 5.74) is 1.43. The number of rotatable bonds is 7. The third-order valence-electron chi connectivity index (χ3n) is 5.08. The monoisotopic (exact) mass is 386 g/mol. The van der Waals surface area contributed by atoms with Crippen LogP contribution in [0.15, 0.2) is 24.3 Å². The number of ether oxygens (including phenoxy) is 1. The van der Waals surface area contributed by atoms with Gasteiger partial charge in [-0.2, -0.15) is 13.2 Å². The lowest BCUT2D eigenvalue weighted by atomic mass is 9.73. The average Bonchev–Trinajstić information content (AvgIpc) is 2.90. The van der Waals surface area contributed by atoms with Crippen LogP contribution in [0.2, 0.25) is 0 Å². The molecule has 2 atom stereocenters. The number of carbonyl (C=O) groups is 2. The highest BCUT2D eigenvalue weighted by Gasteiger charge is 2.46. The first-order chi connectivity index (χ1) is 12.6. The predicted molar refractivity (Wildman–Crippen MR) is 95.5 cm³/mol. The minimum atomic E-state index is -5.06. The number of hydrogen-bond donors (Lipinski definition) is 1. The smallest absolute Gasteiger partial charge is 0.467 e. The number of para-hydroxylation sites is 1. The van der Waals surface area contributed by atoms with Crippen LogP contribution in [0.3, 0.4) is 0 Å². The molecule has 0 aromatic heterocycles. The number of benzene rings is 1. The zero-order valence-corrected chi connectivity index (χ0v) is 15.7. The van der Waals surface area contributed by atoms with Gasteiger partial charge in [0.1, 0.15) is 6.04 Å². The molecule has 0 aliphatic carbocycles. The summed E-state index contributed by atoms with van der Waals surface area (Å²) in [6, 6.07) is 6.29. The van der Waals surface area contributed by atoms with Crippen molar-refractivity contribution in [2.24, 2.45) is 0 Å². The molecule has 1 aromatic rings. The molecule has 1 aliphatic rings. The lowest BCUT2D eigenvalue weighted by Crippen LogP contribution is -2.51. The van der Waals surface area contributed by atoms with Crippen LogP contribution in [0.25, 0.3) is 0 Å². The molecule has 5 nitrogen and oxygen atoms in total. The fourth-order valence-corrected chi connectivity index (χ4v) is 3.85. The molecule has 1 amide bonds. The van der Waals surface area contributed by atoms with Crippen LogP contribution in [-0.4, -0.2) is 44.8 Å². The molecule has 0 radical (unpaired) electrons. The Morgan fingerprint density at radius 1 is 1.33 bits per heavy atom. The van der Waals surface area contributed by atoms with Gasteiger partial charge in [0, 0.05) is 24.7 Å². The molecule has 1 heterocycles. The zero-order chi connectivity index (χ0) is 20.2. The van der Waals surface area contributed by atoms with Crippen LogP contribution in [0.4, 0.5) is 18.9 Å². The largest absolute Gasteiger partial charge is 0.471 e. The van der Waals surface area contributed by atoms with Crippen molar-refractivity contribution in [3.8, 4) is 0 Å². The Morgan fingerprint density at radius 3 is 2.59 bits per heavy atom. The highest BCUT2D eigenvalue weighted by Crippen LogP contribution is 2.46. The molecule has 1 aliphatic heterocycles. The van der Waals surface area contributed by atoms with E-state index in [0.717, 1.165) is 31.2 Å². The number of nitrogens with zero attached hydrogens (tertiary/aromatic N) is 1. The van der Waals surface area contributed by atoms with Gasteiger partial charge in [-0.15, -0.1) is 0 Å². The van der Waals surface area contributed by atoms with Gasteiger partial charge in [-0.05, 0) is 24.5 Å². The van der Waals surface area contributed by atoms with Crippen LogP contribution in [0.1, 0.15) is 38.2 Å². The summed E-state index contributed by atoms with van der Waals surface area (Å²) in [6.07, 6.45) is -2.56. The lowest BCUT2D eigenvalue weighted by Gasteiger charge is -2.33. The molecule has 0 spiro atoms. The number of anilines is 1. The Morgan fingerprint density at radius 2 is 2.00 bits per heavy atom. The Balaban J connectivity index is 2.38. The van der Waals surface area contributed by atoms with E-state index in [9.17, 15) is 22.8 Å². The third kappa shape index (κ3) is 4.54. The van der Waals surface area contributed by atoms with Gasteiger partial charge >= 0.3 is 18.1 Å². The van der Waals surface area contributed by atoms with Crippen LogP contribution >= 0.6 is 0 Å². The van der Waals surface area contributed by atoms with Crippen molar-refractivity contribution in [2.75, 3.05) is 25.6 Å². The highest BCUT2D eigenvalue weighted by atomic mass is 19.4. The summed E-state index contributed by atoms with van der Waals surface area (Å²) in [4.78, 5) is 25.6. The number of alkyl halides is 3. The van der Waals surface area contributed by atoms with Gasteiger partial charge in [0.25, 0.3) is 0 Å². The van der Waals surface area contributed by atoms with E-state index in [1.54, 1.807) is 0 Å². The molecule has 8 heteroatoms. The number of fused-ring (bicyclic) bond motifs is 1. The molecule has 2 rings (SSSR count). The van der Waals surface area contributed by atoms with Crippen LogP contribution in [-0.2, 0) is 19.7 Å². The molecule has 0 fully saturated rings. The fraction of sp³-hybridized carbons (Fsp3) is 0.579. The summed E-state index contributed by atoms with van der Waals surface area (Å²) in [7, 11) is 3.01. The number of likely N-dealkylation sites (N-methyl/N-ethyl adjacent to an activating group) is 1. The third-order valence-corrected chi connectivity index (χ3v) is 5.08. The Labute approximate surface area is 156 Å². The van der Waals surface area contributed by atoms with E-state index in [1.807, 2.05) is 48.5 Å². The minimum absolute atomic E-state index is 0.0445. The topological polar surface area (TPSA) is 58.6 Å². The zero-order valence-electron chi connectivity index (χ0n) is 15.7. The number of carbonyl (C=O) groups excluding carboxylic acids is 2. The number of unbranched alkanes of at least 4 members (excludes halogenated alkanes) is 1. The molecular weight excluding hydrogens is 361 g/mol. The normalized spacial score (nSPS) is 20.1. The Bertz CT molecular complexity index is 693. The van der Waals surface area contributed by atoms with Crippen molar-refractivity contribution < 1.29 is 27.5 Å².